The first-order valence-corrected chi connectivity index (χ1v) is 12.1. The van der Waals surface area contributed by atoms with Crippen LogP contribution in [0, 0.1) is 6.92 Å². The highest BCUT2D eigenvalue weighted by Crippen LogP contribution is 2.35. The van der Waals surface area contributed by atoms with E-state index in [1.54, 1.807) is 17.7 Å². The lowest BCUT2D eigenvalue weighted by Gasteiger charge is -2.15. The number of nitrogens with zero attached hydrogens (tertiary/aromatic N) is 3. The number of aliphatic hydroxyl groups is 1. The Morgan fingerprint density at radius 1 is 1.03 bits per heavy atom. The van der Waals surface area contributed by atoms with Crippen molar-refractivity contribution in [3.63, 3.8) is 0 Å². The van der Waals surface area contributed by atoms with Gasteiger partial charge >= 0.3 is 6.18 Å². The SMILES string of the molecule is Cc1cc(Oc2ccc(C(F)(F)F)cc2)cc(-c2cn(CCN3CCC(O)C3)c3ccc(=O)n(C)c23)c1. The molecule has 0 aliphatic carbocycles. The Morgan fingerprint density at radius 2 is 1.78 bits per heavy atom. The molecule has 0 amide bonds. The van der Waals surface area contributed by atoms with Gasteiger partial charge < -0.3 is 19.0 Å². The van der Waals surface area contributed by atoms with E-state index in [1.165, 1.54) is 12.1 Å². The van der Waals surface area contributed by atoms with Gasteiger partial charge in [-0.1, -0.05) is 6.07 Å². The molecule has 2 aromatic carbocycles. The third kappa shape index (κ3) is 5.28. The number of benzene rings is 2. The zero-order chi connectivity index (χ0) is 26.3. The van der Waals surface area contributed by atoms with Crippen molar-refractivity contribution in [1.82, 2.24) is 14.0 Å². The number of hydrogen-bond acceptors (Lipinski definition) is 4. The highest BCUT2D eigenvalue weighted by Gasteiger charge is 2.30. The van der Waals surface area contributed by atoms with Gasteiger partial charge in [0.15, 0.2) is 0 Å². The van der Waals surface area contributed by atoms with Crippen molar-refractivity contribution in [3.8, 4) is 22.6 Å². The highest BCUT2D eigenvalue weighted by molar-refractivity contribution is 5.93. The topological polar surface area (TPSA) is 59.6 Å². The first-order chi connectivity index (χ1) is 17.6. The van der Waals surface area contributed by atoms with Gasteiger partial charge in [0, 0.05) is 51.1 Å². The zero-order valence-corrected chi connectivity index (χ0v) is 20.6. The van der Waals surface area contributed by atoms with Gasteiger partial charge in [0.25, 0.3) is 5.56 Å². The van der Waals surface area contributed by atoms with Crippen molar-refractivity contribution >= 4 is 11.0 Å². The molecular formula is C28H28F3N3O3. The maximum atomic E-state index is 12.9. The number of aliphatic hydroxyl groups excluding tert-OH is 1. The van der Waals surface area contributed by atoms with Crippen molar-refractivity contribution in [2.24, 2.45) is 7.05 Å². The number of rotatable bonds is 6. The van der Waals surface area contributed by atoms with E-state index >= 15 is 0 Å². The van der Waals surface area contributed by atoms with Gasteiger partial charge in [-0.05, 0) is 66.9 Å². The van der Waals surface area contributed by atoms with Crippen molar-refractivity contribution in [2.75, 3.05) is 19.6 Å². The van der Waals surface area contributed by atoms with Gasteiger partial charge in [0.05, 0.1) is 22.7 Å². The minimum absolute atomic E-state index is 0.122. The number of likely N-dealkylation sites (tertiary alicyclic amines) is 1. The number of aromatic nitrogens is 2. The Hall–Kier alpha value is -3.56. The second kappa shape index (κ2) is 9.72. The number of hydrogen-bond donors (Lipinski definition) is 1. The van der Waals surface area contributed by atoms with E-state index in [2.05, 4.69) is 9.47 Å². The highest BCUT2D eigenvalue weighted by atomic mass is 19.4. The standard InChI is InChI=1S/C28H28F3N3O3/c1-18-13-19(15-23(14-18)37-22-5-3-20(4-6-22)28(29,30)31)24-17-34(12-11-33-10-9-21(35)16-33)25-7-8-26(36)32(2)27(24)25/h3-8,13-15,17,21,35H,9-12,16H2,1-2H3. The van der Waals surface area contributed by atoms with E-state index in [-0.39, 0.29) is 11.7 Å². The van der Waals surface area contributed by atoms with Crippen LogP contribution >= 0.6 is 0 Å². The Morgan fingerprint density at radius 3 is 2.46 bits per heavy atom. The molecule has 1 aliphatic heterocycles. The fourth-order valence-electron chi connectivity index (χ4n) is 4.93. The molecule has 3 heterocycles. The summed E-state index contributed by atoms with van der Waals surface area (Å²) in [6.07, 6.45) is -1.90. The number of alkyl halides is 3. The summed E-state index contributed by atoms with van der Waals surface area (Å²) in [4.78, 5) is 14.7. The zero-order valence-electron chi connectivity index (χ0n) is 20.6. The quantitative estimate of drug-likeness (QED) is 0.387. The summed E-state index contributed by atoms with van der Waals surface area (Å²) in [7, 11) is 1.74. The molecule has 37 heavy (non-hydrogen) atoms. The largest absolute Gasteiger partial charge is 0.457 e. The summed E-state index contributed by atoms with van der Waals surface area (Å²) < 4.78 is 48.4. The van der Waals surface area contributed by atoms with Crippen LogP contribution in [-0.2, 0) is 19.8 Å². The average Bonchev–Trinajstić information content (AvgIpc) is 3.43. The molecule has 4 aromatic rings. The van der Waals surface area contributed by atoms with Crippen molar-refractivity contribution in [1.29, 1.82) is 0 Å². The third-order valence-corrected chi connectivity index (χ3v) is 6.83. The molecule has 1 atom stereocenters. The molecule has 1 fully saturated rings. The van der Waals surface area contributed by atoms with Gasteiger partial charge in [-0.2, -0.15) is 13.2 Å². The molecule has 6 nitrogen and oxygen atoms in total. The molecule has 1 aliphatic rings. The minimum Gasteiger partial charge on any atom is -0.457 e. The smallest absolute Gasteiger partial charge is 0.416 e. The molecule has 0 saturated carbocycles. The molecule has 0 bridgehead atoms. The Bertz CT molecular complexity index is 1490. The first-order valence-electron chi connectivity index (χ1n) is 12.1. The van der Waals surface area contributed by atoms with Crippen LogP contribution in [0.15, 0.2) is 65.6 Å². The van der Waals surface area contributed by atoms with Crippen molar-refractivity contribution in [2.45, 2.75) is 32.2 Å². The van der Waals surface area contributed by atoms with E-state index < -0.39 is 11.7 Å². The predicted molar refractivity (Wildman–Crippen MR) is 136 cm³/mol. The summed E-state index contributed by atoms with van der Waals surface area (Å²) in [5.41, 5.74) is 3.46. The number of β-amino-alcohol motifs (C(OH)–C–C–N with tert-alkyl or cyclic N) is 1. The van der Waals surface area contributed by atoms with Crippen LogP contribution in [0.5, 0.6) is 11.5 Å². The van der Waals surface area contributed by atoms with E-state index in [0.29, 0.717) is 24.6 Å². The number of halogens is 3. The van der Waals surface area contributed by atoms with Gasteiger partial charge in [-0.25, -0.2) is 0 Å². The predicted octanol–water partition coefficient (Wildman–Crippen LogP) is 5.19. The van der Waals surface area contributed by atoms with E-state index in [1.807, 2.05) is 37.4 Å². The monoisotopic (exact) mass is 511 g/mol. The van der Waals surface area contributed by atoms with Crippen LogP contribution in [0.4, 0.5) is 13.2 Å². The molecule has 0 radical (unpaired) electrons. The molecular weight excluding hydrogens is 483 g/mol. The molecule has 1 N–H and O–H groups in total. The summed E-state index contributed by atoms with van der Waals surface area (Å²) in [6, 6.07) is 13.6. The van der Waals surface area contributed by atoms with Crippen LogP contribution in [-0.4, -0.2) is 44.9 Å². The van der Waals surface area contributed by atoms with E-state index in [0.717, 1.165) is 59.4 Å². The molecule has 2 aromatic heterocycles. The van der Waals surface area contributed by atoms with Crippen LogP contribution in [0.1, 0.15) is 17.5 Å². The first kappa shape index (κ1) is 25.1. The second-order valence-corrected chi connectivity index (χ2v) is 9.60. The van der Waals surface area contributed by atoms with Crippen LogP contribution in [0.25, 0.3) is 22.2 Å². The molecule has 9 heteroatoms. The number of aryl methyl sites for hydroxylation is 2. The molecule has 0 spiro atoms. The fourth-order valence-corrected chi connectivity index (χ4v) is 4.93. The van der Waals surface area contributed by atoms with E-state index in [4.69, 9.17) is 4.74 Å². The summed E-state index contributed by atoms with van der Waals surface area (Å²) >= 11 is 0. The van der Waals surface area contributed by atoms with Crippen LogP contribution in [0.2, 0.25) is 0 Å². The Kier molecular flexibility index (Phi) is 6.59. The van der Waals surface area contributed by atoms with Crippen molar-refractivity contribution in [3.05, 3.63) is 82.3 Å². The lowest BCUT2D eigenvalue weighted by Crippen LogP contribution is -2.26. The maximum absolute atomic E-state index is 12.9. The normalized spacial score (nSPS) is 16.5. The second-order valence-electron chi connectivity index (χ2n) is 9.60. The van der Waals surface area contributed by atoms with Crippen molar-refractivity contribution < 1.29 is 23.0 Å². The fraction of sp³-hybridized carbons (Fsp3) is 0.321. The van der Waals surface area contributed by atoms with Gasteiger partial charge in [0.2, 0.25) is 0 Å². The maximum Gasteiger partial charge on any atom is 0.416 e. The van der Waals surface area contributed by atoms with E-state index in [9.17, 15) is 23.1 Å². The molecule has 5 rings (SSSR count). The van der Waals surface area contributed by atoms with Gasteiger partial charge in [-0.15, -0.1) is 0 Å². The molecule has 194 valence electrons. The Labute approximate surface area is 212 Å². The number of ether oxygens (including phenoxy) is 1. The number of pyridine rings is 1. The van der Waals surface area contributed by atoms with Gasteiger partial charge in [0.1, 0.15) is 11.5 Å². The lowest BCUT2D eigenvalue weighted by atomic mass is 10.0. The third-order valence-electron chi connectivity index (χ3n) is 6.83. The molecule has 1 saturated heterocycles. The Balaban J connectivity index is 1.49. The van der Waals surface area contributed by atoms with Crippen LogP contribution < -0.4 is 10.3 Å². The van der Waals surface area contributed by atoms with Crippen LogP contribution in [0.3, 0.4) is 0 Å². The average molecular weight is 512 g/mol. The summed E-state index contributed by atoms with van der Waals surface area (Å²) in [5, 5.41) is 9.85. The lowest BCUT2D eigenvalue weighted by molar-refractivity contribution is -0.137. The van der Waals surface area contributed by atoms with Gasteiger partial charge in [-0.3, -0.25) is 9.69 Å². The number of fused-ring (bicyclic) bond motifs is 1. The summed E-state index contributed by atoms with van der Waals surface area (Å²) in [6.45, 7) is 4.91. The summed E-state index contributed by atoms with van der Waals surface area (Å²) in [5.74, 6) is 0.787. The molecule has 1 unspecified atom stereocenters. The minimum atomic E-state index is -4.41.